The average molecular weight is 302 g/mol. The first-order valence-electron chi connectivity index (χ1n) is 7.47. The van der Waals surface area contributed by atoms with Gasteiger partial charge in [-0.15, -0.1) is 0 Å². The van der Waals surface area contributed by atoms with Gasteiger partial charge in [0.1, 0.15) is 11.2 Å². The Kier molecular flexibility index (Phi) is 3.25. The zero-order valence-corrected chi connectivity index (χ0v) is 12.6. The maximum Gasteiger partial charge on any atom is 0.259 e. The van der Waals surface area contributed by atoms with Crippen molar-refractivity contribution in [3.8, 4) is 0 Å². The van der Waals surface area contributed by atoms with Crippen LogP contribution in [0, 0.1) is 0 Å². The smallest absolute Gasteiger partial charge is 0.259 e. The first kappa shape index (κ1) is 13.0. The summed E-state index contributed by atoms with van der Waals surface area (Å²) < 4.78 is 0. The van der Waals surface area contributed by atoms with E-state index in [9.17, 15) is 4.79 Å². The van der Waals surface area contributed by atoms with Gasteiger partial charge in [0.15, 0.2) is 0 Å². The molecule has 3 aliphatic heterocycles. The first-order valence-corrected chi connectivity index (χ1v) is 8.35. The lowest BCUT2D eigenvalue weighted by Crippen LogP contribution is -2.31. The van der Waals surface area contributed by atoms with E-state index in [-0.39, 0.29) is 11.3 Å². The summed E-state index contributed by atoms with van der Waals surface area (Å²) in [4.78, 5) is 19.6. The Bertz CT molecular complexity index is 592. The highest BCUT2D eigenvalue weighted by Crippen LogP contribution is 2.42. The van der Waals surface area contributed by atoms with E-state index >= 15 is 0 Å². The van der Waals surface area contributed by atoms with Gasteiger partial charge in [-0.3, -0.25) is 4.79 Å². The summed E-state index contributed by atoms with van der Waals surface area (Å²) in [6.45, 7) is 2.95. The van der Waals surface area contributed by atoms with Crippen LogP contribution in [0.25, 0.3) is 0 Å². The SMILES string of the molecule is O=C1NCCC2=C1SC(c1ccc(N3CCCC3)nc1)N2. The van der Waals surface area contributed by atoms with E-state index in [4.69, 9.17) is 0 Å². The minimum atomic E-state index is 0.0536. The number of carbonyl (C=O) groups excluding carboxylic acids is 1. The molecule has 6 heteroatoms. The van der Waals surface area contributed by atoms with Crippen molar-refractivity contribution in [1.29, 1.82) is 0 Å². The number of nitrogens with zero attached hydrogens (tertiary/aromatic N) is 2. The van der Waals surface area contributed by atoms with Gasteiger partial charge in [-0.2, -0.15) is 0 Å². The molecule has 2 N–H and O–H groups in total. The molecule has 0 aromatic carbocycles. The fraction of sp³-hybridized carbons (Fsp3) is 0.467. The van der Waals surface area contributed by atoms with Crippen LogP contribution in [-0.4, -0.2) is 30.5 Å². The Morgan fingerprint density at radius 2 is 2.14 bits per heavy atom. The molecule has 5 nitrogen and oxygen atoms in total. The van der Waals surface area contributed by atoms with Gasteiger partial charge >= 0.3 is 0 Å². The number of carbonyl (C=O) groups is 1. The zero-order valence-electron chi connectivity index (χ0n) is 11.8. The highest BCUT2D eigenvalue weighted by atomic mass is 32.2. The van der Waals surface area contributed by atoms with Gasteiger partial charge in [0.25, 0.3) is 5.91 Å². The second-order valence-corrected chi connectivity index (χ2v) is 6.72. The number of thioether (sulfide) groups is 1. The summed E-state index contributed by atoms with van der Waals surface area (Å²) in [5, 5.41) is 6.46. The maximum atomic E-state index is 11.8. The van der Waals surface area contributed by atoms with E-state index in [2.05, 4.69) is 32.7 Å². The van der Waals surface area contributed by atoms with Crippen LogP contribution in [0.3, 0.4) is 0 Å². The predicted octanol–water partition coefficient (Wildman–Crippen LogP) is 1.75. The number of aromatic nitrogens is 1. The van der Waals surface area contributed by atoms with Gasteiger partial charge in [-0.1, -0.05) is 17.8 Å². The van der Waals surface area contributed by atoms with Gasteiger partial charge in [0.05, 0.1) is 4.91 Å². The first-order chi connectivity index (χ1) is 10.3. The largest absolute Gasteiger partial charge is 0.371 e. The lowest BCUT2D eigenvalue weighted by atomic mass is 10.2. The second kappa shape index (κ2) is 5.26. The lowest BCUT2D eigenvalue weighted by molar-refractivity contribution is -0.117. The van der Waals surface area contributed by atoms with E-state index in [0.717, 1.165) is 48.0 Å². The summed E-state index contributed by atoms with van der Waals surface area (Å²) in [7, 11) is 0. The topological polar surface area (TPSA) is 57.3 Å². The molecule has 1 fully saturated rings. The molecule has 3 aliphatic rings. The molecule has 0 bridgehead atoms. The number of rotatable bonds is 2. The third-order valence-electron chi connectivity index (χ3n) is 4.19. The quantitative estimate of drug-likeness (QED) is 0.871. The molecule has 1 amide bonds. The standard InChI is InChI=1S/C15H18N4OS/c20-14-13-11(5-6-16-14)18-15(21-13)10-3-4-12(17-9-10)19-7-1-2-8-19/h3-4,9,15,18H,1-2,5-8H2,(H,16,20). The summed E-state index contributed by atoms with van der Waals surface area (Å²) >= 11 is 1.60. The molecule has 0 radical (unpaired) electrons. The molecule has 1 aromatic rings. The molecule has 1 saturated heterocycles. The summed E-state index contributed by atoms with van der Waals surface area (Å²) in [6, 6.07) is 4.22. The molecule has 4 rings (SSSR count). The Labute approximate surface area is 128 Å². The van der Waals surface area contributed by atoms with E-state index in [1.807, 2.05) is 6.20 Å². The molecule has 0 aliphatic carbocycles. The van der Waals surface area contributed by atoms with Gasteiger partial charge in [0, 0.05) is 43.5 Å². The van der Waals surface area contributed by atoms with Gasteiger partial charge < -0.3 is 15.5 Å². The fourth-order valence-corrected chi connectivity index (χ4v) is 4.23. The monoisotopic (exact) mass is 302 g/mol. The van der Waals surface area contributed by atoms with Gasteiger partial charge in [0.2, 0.25) is 0 Å². The van der Waals surface area contributed by atoms with E-state index in [0.29, 0.717) is 0 Å². The number of anilines is 1. The van der Waals surface area contributed by atoms with Crippen molar-refractivity contribution < 1.29 is 4.79 Å². The van der Waals surface area contributed by atoms with Crippen molar-refractivity contribution in [2.24, 2.45) is 0 Å². The summed E-state index contributed by atoms with van der Waals surface area (Å²) in [5.41, 5.74) is 2.21. The van der Waals surface area contributed by atoms with Gasteiger partial charge in [-0.25, -0.2) is 4.98 Å². The minimum Gasteiger partial charge on any atom is -0.371 e. The number of hydrogen-bond donors (Lipinski definition) is 2. The predicted molar refractivity (Wildman–Crippen MR) is 83.8 cm³/mol. The van der Waals surface area contributed by atoms with Crippen molar-refractivity contribution >= 4 is 23.5 Å². The molecule has 1 atom stereocenters. The maximum absolute atomic E-state index is 11.8. The zero-order chi connectivity index (χ0) is 14.2. The molecular weight excluding hydrogens is 284 g/mol. The summed E-state index contributed by atoms with van der Waals surface area (Å²) in [5.74, 6) is 1.12. The van der Waals surface area contributed by atoms with Crippen LogP contribution in [0.5, 0.6) is 0 Å². The molecular formula is C15H18N4OS. The van der Waals surface area contributed by atoms with Crippen molar-refractivity contribution in [3.05, 3.63) is 34.5 Å². The third-order valence-corrected chi connectivity index (χ3v) is 5.48. The van der Waals surface area contributed by atoms with Crippen molar-refractivity contribution in [2.45, 2.75) is 24.6 Å². The van der Waals surface area contributed by atoms with Gasteiger partial charge in [-0.05, 0) is 18.9 Å². The molecule has 0 spiro atoms. The Morgan fingerprint density at radius 3 is 2.86 bits per heavy atom. The average Bonchev–Trinajstić information content (AvgIpc) is 3.18. The minimum absolute atomic E-state index is 0.0536. The van der Waals surface area contributed by atoms with Crippen molar-refractivity contribution in [3.63, 3.8) is 0 Å². The normalized spacial score (nSPS) is 24.9. The van der Waals surface area contributed by atoms with E-state index < -0.39 is 0 Å². The second-order valence-electron chi connectivity index (χ2n) is 5.60. The van der Waals surface area contributed by atoms with Crippen molar-refractivity contribution in [1.82, 2.24) is 15.6 Å². The lowest BCUT2D eigenvalue weighted by Gasteiger charge is -2.18. The van der Waals surface area contributed by atoms with Crippen LogP contribution in [0.2, 0.25) is 0 Å². The Hall–Kier alpha value is -1.69. The highest BCUT2D eigenvalue weighted by Gasteiger charge is 2.32. The Balaban J connectivity index is 1.49. The third kappa shape index (κ3) is 2.37. The highest BCUT2D eigenvalue weighted by molar-refractivity contribution is 8.04. The summed E-state index contributed by atoms with van der Waals surface area (Å²) in [6.07, 6.45) is 5.35. The van der Waals surface area contributed by atoms with Crippen LogP contribution in [-0.2, 0) is 4.79 Å². The number of hydrogen-bond acceptors (Lipinski definition) is 5. The molecule has 21 heavy (non-hydrogen) atoms. The van der Waals surface area contributed by atoms with Crippen LogP contribution in [0.4, 0.5) is 5.82 Å². The van der Waals surface area contributed by atoms with Crippen LogP contribution >= 0.6 is 11.8 Å². The van der Waals surface area contributed by atoms with Crippen LogP contribution in [0.15, 0.2) is 28.9 Å². The van der Waals surface area contributed by atoms with Crippen LogP contribution < -0.4 is 15.5 Å². The molecule has 1 aromatic heterocycles. The fourth-order valence-electron chi connectivity index (χ4n) is 3.04. The number of pyridine rings is 1. The molecule has 110 valence electrons. The van der Waals surface area contributed by atoms with E-state index in [1.54, 1.807) is 11.8 Å². The van der Waals surface area contributed by atoms with Crippen molar-refractivity contribution in [2.75, 3.05) is 24.5 Å². The molecule has 4 heterocycles. The Morgan fingerprint density at radius 1 is 1.29 bits per heavy atom. The number of nitrogens with one attached hydrogen (secondary N) is 2. The van der Waals surface area contributed by atoms with Crippen LogP contribution in [0.1, 0.15) is 30.2 Å². The van der Waals surface area contributed by atoms with E-state index in [1.165, 1.54) is 12.8 Å². The molecule has 1 unspecified atom stereocenters. The number of amides is 1. The molecule has 0 saturated carbocycles.